The molecule has 1 aliphatic carbocycles. The Kier molecular flexibility index (Phi) is 8.11. The summed E-state index contributed by atoms with van der Waals surface area (Å²) in [6.45, 7) is 7.55. The van der Waals surface area contributed by atoms with E-state index >= 15 is 0 Å². The van der Waals surface area contributed by atoms with Gasteiger partial charge in [0.2, 0.25) is 0 Å². The Morgan fingerprint density at radius 1 is 1.15 bits per heavy atom. The van der Waals surface area contributed by atoms with E-state index in [2.05, 4.69) is 20.9 Å². The van der Waals surface area contributed by atoms with Crippen LogP contribution in [0.3, 0.4) is 0 Å². The van der Waals surface area contributed by atoms with E-state index in [0.717, 1.165) is 55.4 Å². The SMILES string of the molecule is CC[N+](C)(CC)CCOC(=O)[C@H](c1ccccc1)[C@H](O)C1CCCCC1. The van der Waals surface area contributed by atoms with Crippen molar-refractivity contribution in [2.45, 2.75) is 58.0 Å². The van der Waals surface area contributed by atoms with Gasteiger partial charge in [0, 0.05) is 0 Å². The number of aliphatic hydroxyl groups excluding tert-OH is 1. The van der Waals surface area contributed by atoms with Gasteiger partial charge in [-0.3, -0.25) is 4.79 Å². The summed E-state index contributed by atoms with van der Waals surface area (Å²) in [5.41, 5.74) is 0.860. The molecule has 0 spiro atoms. The molecule has 2 atom stereocenters. The van der Waals surface area contributed by atoms with Gasteiger partial charge < -0.3 is 14.3 Å². The smallest absolute Gasteiger partial charge is 0.316 e. The molecule has 1 aliphatic rings. The Morgan fingerprint density at radius 3 is 2.35 bits per heavy atom. The highest BCUT2D eigenvalue weighted by molar-refractivity contribution is 5.79. The summed E-state index contributed by atoms with van der Waals surface area (Å²) in [4.78, 5) is 12.9. The lowest BCUT2D eigenvalue weighted by Crippen LogP contribution is -2.46. The Balaban J connectivity index is 2.06. The van der Waals surface area contributed by atoms with Crippen molar-refractivity contribution in [3.8, 4) is 0 Å². The quantitative estimate of drug-likeness (QED) is 0.538. The van der Waals surface area contributed by atoms with Gasteiger partial charge >= 0.3 is 5.97 Å². The van der Waals surface area contributed by atoms with E-state index < -0.39 is 12.0 Å². The van der Waals surface area contributed by atoms with Crippen molar-refractivity contribution in [1.29, 1.82) is 0 Å². The van der Waals surface area contributed by atoms with Crippen molar-refractivity contribution >= 4 is 5.97 Å². The van der Waals surface area contributed by atoms with Crippen LogP contribution in [0.2, 0.25) is 0 Å². The van der Waals surface area contributed by atoms with E-state index in [1.807, 2.05) is 30.3 Å². The number of ether oxygens (including phenoxy) is 1. The van der Waals surface area contributed by atoms with Crippen LogP contribution in [-0.4, -0.2) is 55.0 Å². The molecule has 1 aromatic rings. The number of carbonyl (C=O) groups is 1. The maximum absolute atomic E-state index is 12.9. The lowest BCUT2D eigenvalue weighted by molar-refractivity contribution is -0.906. The third kappa shape index (κ3) is 5.55. The first-order chi connectivity index (χ1) is 12.5. The largest absolute Gasteiger partial charge is 0.459 e. The summed E-state index contributed by atoms with van der Waals surface area (Å²) in [7, 11) is 2.18. The zero-order chi connectivity index (χ0) is 19.0. The number of carbonyl (C=O) groups excluding carboxylic acids is 1. The first-order valence-corrected chi connectivity index (χ1v) is 10.2. The molecule has 4 heteroatoms. The predicted octanol–water partition coefficient (Wildman–Crippen LogP) is 3.74. The van der Waals surface area contributed by atoms with Crippen molar-refractivity contribution in [2.24, 2.45) is 5.92 Å². The third-order valence-electron chi connectivity index (χ3n) is 6.29. The molecular formula is C22H36NO3+. The molecule has 0 amide bonds. The normalized spacial score (nSPS) is 18.3. The van der Waals surface area contributed by atoms with Gasteiger partial charge in [-0.1, -0.05) is 49.6 Å². The van der Waals surface area contributed by atoms with Crippen molar-refractivity contribution in [1.82, 2.24) is 0 Å². The number of hydrogen-bond acceptors (Lipinski definition) is 3. The van der Waals surface area contributed by atoms with Crippen LogP contribution in [0.15, 0.2) is 30.3 Å². The maximum atomic E-state index is 12.9. The van der Waals surface area contributed by atoms with Crippen LogP contribution < -0.4 is 0 Å². The Bertz CT molecular complexity index is 536. The average molecular weight is 363 g/mol. The number of nitrogens with zero attached hydrogens (tertiary/aromatic N) is 1. The van der Waals surface area contributed by atoms with Gasteiger partial charge in [0.05, 0.1) is 26.2 Å². The number of quaternary nitrogens is 1. The molecule has 0 unspecified atom stereocenters. The van der Waals surface area contributed by atoms with Crippen LogP contribution in [0, 0.1) is 5.92 Å². The van der Waals surface area contributed by atoms with E-state index in [4.69, 9.17) is 4.74 Å². The zero-order valence-electron chi connectivity index (χ0n) is 16.7. The summed E-state index contributed by atoms with van der Waals surface area (Å²) in [5.74, 6) is -0.678. The fourth-order valence-corrected chi connectivity index (χ4v) is 3.88. The lowest BCUT2D eigenvalue weighted by Gasteiger charge is -2.33. The minimum atomic E-state index is -0.663. The molecule has 0 radical (unpaired) electrons. The van der Waals surface area contributed by atoms with Gasteiger partial charge in [-0.25, -0.2) is 0 Å². The fraction of sp³-hybridized carbons (Fsp3) is 0.682. The monoisotopic (exact) mass is 362 g/mol. The Morgan fingerprint density at radius 2 is 1.77 bits per heavy atom. The summed E-state index contributed by atoms with van der Waals surface area (Å²) < 4.78 is 6.54. The number of hydrogen-bond donors (Lipinski definition) is 1. The predicted molar refractivity (Wildman–Crippen MR) is 105 cm³/mol. The van der Waals surface area contributed by atoms with Gasteiger partial charge in [0.15, 0.2) is 0 Å². The van der Waals surface area contributed by atoms with Crippen molar-refractivity contribution in [3.05, 3.63) is 35.9 Å². The number of benzene rings is 1. The summed E-state index contributed by atoms with van der Waals surface area (Å²) >= 11 is 0. The van der Waals surface area contributed by atoms with E-state index in [1.165, 1.54) is 6.42 Å². The van der Waals surface area contributed by atoms with E-state index in [0.29, 0.717) is 6.61 Å². The van der Waals surface area contributed by atoms with E-state index in [1.54, 1.807) is 0 Å². The van der Waals surface area contributed by atoms with E-state index in [9.17, 15) is 9.90 Å². The highest BCUT2D eigenvalue weighted by atomic mass is 16.5. The van der Waals surface area contributed by atoms with Crippen molar-refractivity contribution in [2.75, 3.05) is 33.3 Å². The second kappa shape index (κ2) is 10.1. The number of rotatable bonds is 9. The molecule has 1 fully saturated rings. The van der Waals surface area contributed by atoms with Crippen LogP contribution in [-0.2, 0) is 9.53 Å². The Hall–Kier alpha value is -1.39. The number of likely N-dealkylation sites (N-methyl/N-ethyl adjacent to an activating group) is 1. The molecule has 146 valence electrons. The first-order valence-electron chi connectivity index (χ1n) is 10.2. The second-order valence-corrected chi connectivity index (χ2v) is 7.92. The third-order valence-corrected chi connectivity index (χ3v) is 6.29. The first kappa shape index (κ1) is 20.9. The summed E-state index contributed by atoms with van der Waals surface area (Å²) in [6.07, 6.45) is 4.84. The van der Waals surface area contributed by atoms with Gasteiger partial charge in [-0.2, -0.15) is 0 Å². The van der Waals surface area contributed by atoms with Crippen LogP contribution in [0.4, 0.5) is 0 Å². The molecule has 1 N–H and O–H groups in total. The molecule has 1 aromatic carbocycles. The summed E-state index contributed by atoms with van der Waals surface area (Å²) in [5, 5.41) is 11.0. The second-order valence-electron chi connectivity index (χ2n) is 7.92. The molecule has 0 aliphatic heterocycles. The van der Waals surface area contributed by atoms with Crippen molar-refractivity contribution < 1.29 is 19.1 Å². The highest BCUT2D eigenvalue weighted by Gasteiger charge is 2.36. The van der Waals surface area contributed by atoms with Crippen molar-refractivity contribution in [3.63, 3.8) is 0 Å². The average Bonchev–Trinajstić information content (AvgIpc) is 2.69. The molecule has 2 rings (SSSR count). The van der Waals surface area contributed by atoms with Crippen LogP contribution in [0.25, 0.3) is 0 Å². The van der Waals surface area contributed by atoms with Crippen LogP contribution in [0.5, 0.6) is 0 Å². The van der Waals surface area contributed by atoms with Gasteiger partial charge in [-0.15, -0.1) is 0 Å². The number of esters is 1. The maximum Gasteiger partial charge on any atom is 0.316 e. The topological polar surface area (TPSA) is 46.5 Å². The van der Waals surface area contributed by atoms with E-state index in [-0.39, 0.29) is 11.9 Å². The highest BCUT2D eigenvalue weighted by Crippen LogP contribution is 2.34. The number of aliphatic hydroxyl groups is 1. The van der Waals surface area contributed by atoms with Gasteiger partial charge in [0.25, 0.3) is 0 Å². The minimum absolute atomic E-state index is 0.189. The van der Waals surface area contributed by atoms with Gasteiger partial charge in [-0.05, 0) is 38.2 Å². The minimum Gasteiger partial charge on any atom is -0.459 e. The zero-order valence-corrected chi connectivity index (χ0v) is 16.7. The van der Waals surface area contributed by atoms with Crippen LogP contribution in [0.1, 0.15) is 57.4 Å². The van der Waals surface area contributed by atoms with Crippen LogP contribution >= 0.6 is 0 Å². The lowest BCUT2D eigenvalue weighted by atomic mass is 9.78. The molecule has 1 saturated carbocycles. The standard InChI is InChI=1S/C22H36NO3/c1-4-23(3,5-2)16-17-26-22(25)20(18-12-8-6-9-13-18)21(24)19-14-10-7-11-15-19/h6,8-9,12-13,19-21,24H,4-5,7,10-11,14-17H2,1-3H3/q+1/t20-,21-/m1/s1. The molecule has 0 bridgehead atoms. The molecule has 0 saturated heterocycles. The summed E-state index contributed by atoms with van der Waals surface area (Å²) in [6, 6.07) is 9.63. The molecule has 0 aromatic heterocycles. The molecule has 4 nitrogen and oxygen atoms in total. The molecular weight excluding hydrogens is 326 g/mol. The molecule has 0 heterocycles. The Labute approximate surface area is 158 Å². The van der Waals surface area contributed by atoms with Gasteiger partial charge in [0.1, 0.15) is 19.1 Å². The fourth-order valence-electron chi connectivity index (χ4n) is 3.88. The molecule has 26 heavy (non-hydrogen) atoms.